The third-order valence-electron chi connectivity index (χ3n) is 2.23. The van der Waals surface area contributed by atoms with Crippen molar-refractivity contribution in [1.82, 2.24) is 0 Å². The van der Waals surface area contributed by atoms with Gasteiger partial charge in [0.2, 0.25) is 0 Å². The zero-order valence-corrected chi connectivity index (χ0v) is 7.94. The zero-order valence-electron chi connectivity index (χ0n) is 7.18. The molecule has 1 heterocycles. The van der Waals surface area contributed by atoms with Crippen LogP contribution in [0.3, 0.4) is 0 Å². The first-order valence-corrected chi connectivity index (χ1v) is 4.39. The summed E-state index contributed by atoms with van der Waals surface area (Å²) in [5.41, 5.74) is -3.36. The molecule has 1 aliphatic rings. The molecule has 0 radical (unpaired) electrons. The van der Waals surface area contributed by atoms with Crippen LogP contribution in [0.25, 0.3) is 0 Å². The maximum atomic E-state index is 12.9. The molecule has 1 aromatic rings. The molecule has 1 atom stereocenters. The molecule has 6 heteroatoms. The third kappa shape index (κ3) is 1.33. The number of ether oxygens (including phenoxy) is 1. The number of hydrogen-bond acceptors (Lipinski definition) is 1. The van der Waals surface area contributed by atoms with E-state index < -0.39 is 17.1 Å². The average Bonchev–Trinajstić information content (AvgIpc) is 2.72. The lowest BCUT2D eigenvalue weighted by Crippen LogP contribution is -2.33. The number of epoxide rings is 1. The van der Waals surface area contributed by atoms with Crippen molar-refractivity contribution in [3.63, 3.8) is 0 Å². The smallest absolute Gasteiger partial charge is 0.289 e. The van der Waals surface area contributed by atoms with Gasteiger partial charge in [-0.05, 0) is 11.6 Å². The molecule has 82 valence electrons. The largest absolute Gasteiger partial charge is 0.397 e. The van der Waals surface area contributed by atoms with Gasteiger partial charge in [0, 0.05) is 5.56 Å². The van der Waals surface area contributed by atoms with Gasteiger partial charge < -0.3 is 0 Å². The molecule has 0 bridgehead atoms. The normalized spacial score (nSPS) is 28.9. The van der Waals surface area contributed by atoms with Gasteiger partial charge in [0.05, 0.1) is 0 Å². The molecule has 0 spiro atoms. The fourth-order valence-electron chi connectivity index (χ4n) is 1.45. The molecule has 0 aliphatic carbocycles. The predicted molar refractivity (Wildman–Crippen MR) is 45.0 cm³/mol. The highest BCUT2D eigenvalue weighted by molar-refractivity contribution is 6.22. The first kappa shape index (κ1) is 10.7. The molecular formula is C9H5ClF4O. The lowest BCUT2D eigenvalue weighted by molar-refractivity contribution is -0.0173. The van der Waals surface area contributed by atoms with Crippen LogP contribution < -0.4 is 0 Å². The second-order valence-corrected chi connectivity index (χ2v) is 3.64. The van der Waals surface area contributed by atoms with Crippen LogP contribution in [0.4, 0.5) is 17.6 Å². The maximum absolute atomic E-state index is 12.9. The van der Waals surface area contributed by atoms with Crippen molar-refractivity contribution in [3.8, 4) is 0 Å². The van der Waals surface area contributed by atoms with Crippen molar-refractivity contribution < 1.29 is 22.3 Å². The Morgan fingerprint density at radius 3 is 1.93 bits per heavy atom. The van der Waals surface area contributed by atoms with Crippen molar-refractivity contribution in [1.29, 1.82) is 0 Å². The molecular weight excluding hydrogens is 236 g/mol. The molecule has 0 amide bonds. The van der Waals surface area contributed by atoms with Crippen molar-refractivity contribution in [2.75, 3.05) is 0 Å². The summed E-state index contributed by atoms with van der Waals surface area (Å²) in [7, 11) is 0. The SMILES string of the molecule is FC(F)(Cl)C1(c2ccccc2)OC1(F)F. The summed E-state index contributed by atoms with van der Waals surface area (Å²) in [5.74, 6) is 0. The number of benzene rings is 1. The van der Waals surface area contributed by atoms with E-state index >= 15 is 0 Å². The van der Waals surface area contributed by atoms with E-state index in [-0.39, 0.29) is 5.56 Å². The van der Waals surface area contributed by atoms with Gasteiger partial charge in [-0.15, -0.1) is 0 Å². The summed E-state index contributed by atoms with van der Waals surface area (Å²) in [5, 5.41) is -4.15. The van der Waals surface area contributed by atoms with Gasteiger partial charge in [-0.3, -0.25) is 4.74 Å². The van der Waals surface area contributed by atoms with Gasteiger partial charge in [-0.1, -0.05) is 30.3 Å². The van der Waals surface area contributed by atoms with Gasteiger partial charge in [0.15, 0.2) is 0 Å². The van der Waals surface area contributed by atoms with Crippen LogP contribution in [0.2, 0.25) is 0 Å². The number of halogens is 5. The summed E-state index contributed by atoms with van der Waals surface area (Å²) >= 11 is 4.67. The number of hydrogen-bond donors (Lipinski definition) is 0. The zero-order chi connectivity index (χ0) is 11.3. The summed E-state index contributed by atoms with van der Waals surface area (Å²) in [6, 6.07) is 6.48. The molecule has 1 nitrogen and oxygen atoms in total. The van der Waals surface area contributed by atoms with Crippen LogP contribution >= 0.6 is 11.6 Å². The van der Waals surface area contributed by atoms with Gasteiger partial charge in [-0.2, -0.15) is 17.6 Å². The second-order valence-electron chi connectivity index (χ2n) is 3.16. The van der Waals surface area contributed by atoms with Gasteiger partial charge in [0.25, 0.3) is 5.60 Å². The molecule has 1 aliphatic heterocycles. The van der Waals surface area contributed by atoms with Crippen molar-refractivity contribution in [2.45, 2.75) is 17.1 Å². The summed E-state index contributed by atoms with van der Waals surface area (Å²) in [6.45, 7) is 0. The Kier molecular flexibility index (Phi) is 2.04. The number of rotatable bonds is 2. The molecule has 1 aromatic carbocycles. The Bertz CT molecular complexity index is 375. The summed E-state index contributed by atoms with van der Waals surface area (Å²) in [6.07, 6.45) is -3.93. The van der Waals surface area contributed by atoms with E-state index in [9.17, 15) is 17.6 Å². The van der Waals surface area contributed by atoms with Crippen LogP contribution in [-0.4, -0.2) is 11.5 Å². The van der Waals surface area contributed by atoms with Crippen LogP contribution in [0.5, 0.6) is 0 Å². The monoisotopic (exact) mass is 240 g/mol. The Labute approximate surface area is 87.6 Å². The van der Waals surface area contributed by atoms with E-state index in [4.69, 9.17) is 0 Å². The first-order valence-electron chi connectivity index (χ1n) is 4.01. The minimum absolute atomic E-state index is 0.338. The molecule has 1 unspecified atom stereocenters. The fraction of sp³-hybridized carbons (Fsp3) is 0.333. The lowest BCUT2D eigenvalue weighted by Gasteiger charge is -2.16. The predicted octanol–water partition coefficient (Wildman–Crippen LogP) is 3.34. The molecule has 0 saturated carbocycles. The van der Waals surface area contributed by atoms with Crippen molar-refractivity contribution in [2.24, 2.45) is 0 Å². The highest BCUT2D eigenvalue weighted by atomic mass is 35.5. The first-order chi connectivity index (χ1) is 6.81. The van der Waals surface area contributed by atoms with Crippen molar-refractivity contribution >= 4 is 11.6 Å². The molecule has 1 saturated heterocycles. The van der Waals surface area contributed by atoms with Gasteiger partial charge in [-0.25, -0.2) is 0 Å². The molecule has 15 heavy (non-hydrogen) atoms. The molecule has 2 rings (SSSR count). The number of alkyl halides is 5. The highest BCUT2D eigenvalue weighted by Crippen LogP contribution is 2.66. The standard InChI is InChI=1S/C9H5ClF4O/c10-8(11,12)7(9(13,14)15-7)6-4-2-1-3-5-6/h1-5H. The van der Waals surface area contributed by atoms with Crippen LogP contribution in [0.1, 0.15) is 5.56 Å². The van der Waals surface area contributed by atoms with E-state index in [1.165, 1.54) is 18.2 Å². The summed E-state index contributed by atoms with van der Waals surface area (Å²) < 4.78 is 55.3. The summed E-state index contributed by atoms with van der Waals surface area (Å²) in [4.78, 5) is 0. The Morgan fingerprint density at radius 1 is 1.13 bits per heavy atom. The highest BCUT2D eigenvalue weighted by Gasteiger charge is 2.86. The van der Waals surface area contributed by atoms with Crippen LogP contribution in [0.15, 0.2) is 30.3 Å². The lowest BCUT2D eigenvalue weighted by atomic mass is 9.99. The fourth-order valence-corrected chi connectivity index (χ4v) is 1.71. The van der Waals surface area contributed by atoms with Crippen LogP contribution in [-0.2, 0) is 10.3 Å². The minimum atomic E-state index is -4.15. The molecule has 1 fully saturated rings. The van der Waals surface area contributed by atoms with Gasteiger partial charge >= 0.3 is 11.5 Å². The second kappa shape index (κ2) is 2.86. The quantitative estimate of drug-likeness (QED) is 0.439. The van der Waals surface area contributed by atoms with E-state index in [1.54, 1.807) is 0 Å². The third-order valence-corrected chi connectivity index (χ3v) is 2.50. The molecule has 0 aromatic heterocycles. The minimum Gasteiger partial charge on any atom is -0.289 e. The van der Waals surface area contributed by atoms with E-state index in [2.05, 4.69) is 16.3 Å². The van der Waals surface area contributed by atoms with Crippen molar-refractivity contribution in [3.05, 3.63) is 35.9 Å². The Hall–Kier alpha value is -0.810. The van der Waals surface area contributed by atoms with E-state index in [1.807, 2.05) is 0 Å². The Balaban J connectivity index is 2.49. The van der Waals surface area contributed by atoms with E-state index in [0.29, 0.717) is 0 Å². The van der Waals surface area contributed by atoms with Crippen LogP contribution in [0, 0.1) is 0 Å². The Morgan fingerprint density at radius 2 is 1.60 bits per heavy atom. The maximum Gasteiger partial charge on any atom is 0.397 e. The topological polar surface area (TPSA) is 12.5 Å². The average molecular weight is 241 g/mol. The molecule has 0 N–H and O–H groups in total. The van der Waals surface area contributed by atoms with E-state index in [0.717, 1.165) is 12.1 Å². The van der Waals surface area contributed by atoms with Gasteiger partial charge in [0.1, 0.15) is 0 Å².